The third-order valence-electron chi connectivity index (χ3n) is 4.11. The summed E-state index contributed by atoms with van der Waals surface area (Å²) < 4.78 is 17.7. The third kappa shape index (κ3) is 2.67. The van der Waals surface area contributed by atoms with E-state index in [1.54, 1.807) is 19.1 Å². The van der Waals surface area contributed by atoms with Crippen LogP contribution >= 0.6 is 0 Å². The number of hydrogen-bond donors (Lipinski definition) is 0. The molecular weight excluding hydrogens is 300 g/mol. The molecule has 6 heteroatoms. The second kappa shape index (κ2) is 5.83. The van der Waals surface area contributed by atoms with E-state index in [0.29, 0.717) is 30.1 Å². The molecule has 1 fully saturated rings. The van der Waals surface area contributed by atoms with Gasteiger partial charge < -0.3 is 9.32 Å². The zero-order valence-electron chi connectivity index (χ0n) is 13.0. The van der Waals surface area contributed by atoms with Crippen LogP contribution in [0.15, 0.2) is 22.6 Å². The van der Waals surface area contributed by atoms with Gasteiger partial charge in [0, 0.05) is 41.6 Å². The fourth-order valence-corrected chi connectivity index (χ4v) is 4.56. The van der Waals surface area contributed by atoms with Gasteiger partial charge in [-0.25, -0.2) is 4.98 Å². The van der Waals surface area contributed by atoms with Crippen LogP contribution in [0.25, 0.3) is 11.1 Å². The summed E-state index contributed by atoms with van der Waals surface area (Å²) in [5.41, 5.74) is 1.98. The van der Waals surface area contributed by atoms with Gasteiger partial charge in [0.05, 0.1) is 5.25 Å². The predicted molar refractivity (Wildman–Crippen MR) is 86.3 cm³/mol. The smallest absolute Gasteiger partial charge is 0.254 e. The number of rotatable bonds is 2. The van der Waals surface area contributed by atoms with E-state index in [1.165, 1.54) is 0 Å². The van der Waals surface area contributed by atoms with Crippen molar-refractivity contribution in [1.29, 1.82) is 0 Å². The Morgan fingerprint density at radius 3 is 2.95 bits per heavy atom. The summed E-state index contributed by atoms with van der Waals surface area (Å²) in [5, 5.41) is 0.0721. The number of carbonyl (C=O) groups is 1. The summed E-state index contributed by atoms with van der Waals surface area (Å²) in [4.78, 5) is 18.8. The van der Waals surface area contributed by atoms with Crippen molar-refractivity contribution < 1.29 is 13.4 Å². The molecule has 3 atom stereocenters. The average molecular weight is 320 g/mol. The van der Waals surface area contributed by atoms with Gasteiger partial charge in [0.25, 0.3) is 5.91 Å². The summed E-state index contributed by atoms with van der Waals surface area (Å²) in [7, 11) is -0.858. The van der Waals surface area contributed by atoms with Crippen LogP contribution in [-0.2, 0) is 10.8 Å². The van der Waals surface area contributed by atoms with Crippen molar-refractivity contribution in [2.45, 2.75) is 37.7 Å². The molecule has 0 spiro atoms. The lowest BCUT2D eigenvalue weighted by atomic mass is 10.1. The molecular formula is C16H20N2O3S. The van der Waals surface area contributed by atoms with Crippen molar-refractivity contribution in [3.8, 4) is 0 Å². The highest BCUT2D eigenvalue weighted by Crippen LogP contribution is 2.22. The van der Waals surface area contributed by atoms with Crippen molar-refractivity contribution in [2.75, 3.05) is 13.1 Å². The van der Waals surface area contributed by atoms with Gasteiger partial charge in [0.15, 0.2) is 11.5 Å². The molecule has 22 heavy (non-hydrogen) atoms. The maximum atomic E-state index is 12.7. The van der Waals surface area contributed by atoms with Crippen molar-refractivity contribution in [2.24, 2.45) is 0 Å². The van der Waals surface area contributed by atoms with Crippen LogP contribution in [0.5, 0.6) is 0 Å². The zero-order valence-corrected chi connectivity index (χ0v) is 13.9. The van der Waals surface area contributed by atoms with Gasteiger partial charge in [-0.15, -0.1) is 0 Å². The van der Waals surface area contributed by atoms with E-state index < -0.39 is 10.8 Å². The van der Waals surface area contributed by atoms with E-state index in [4.69, 9.17) is 4.42 Å². The fourth-order valence-electron chi connectivity index (χ4n) is 2.92. The Kier molecular flexibility index (Phi) is 4.04. The van der Waals surface area contributed by atoms with Crippen LogP contribution < -0.4 is 0 Å². The molecule has 2 aromatic rings. The van der Waals surface area contributed by atoms with Gasteiger partial charge in [-0.2, -0.15) is 0 Å². The molecule has 1 saturated heterocycles. The van der Waals surface area contributed by atoms with Crippen molar-refractivity contribution in [1.82, 2.24) is 9.88 Å². The Morgan fingerprint density at radius 1 is 1.45 bits per heavy atom. The maximum Gasteiger partial charge on any atom is 0.254 e. The number of aryl methyl sites for hydroxylation is 1. The zero-order chi connectivity index (χ0) is 15.9. The van der Waals surface area contributed by atoms with E-state index >= 15 is 0 Å². The quantitative estimate of drug-likeness (QED) is 0.853. The lowest BCUT2D eigenvalue weighted by Gasteiger charge is -2.35. The second-order valence-corrected chi connectivity index (χ2v) is 7.92. The molecule has 1 aliphatic rings. The molecule has 2 heterocycles. The highest BCUT2D eigenvalue weighted by Gasteiger charge is 2.33. The number of aromatic nitrogens is 1. The molecule has 0 saturated carbocycles. The Bertz CT molecular complexity index is 740. The normalized spacial score (nSPS) is 25.6. The highest BCUT2D eigenvalue weighted by atomic mass is 32.2. The number of hydrogen-bond acceptors (Lipinski definition) is 4. The molecule has 3 rings (SSSR count). The minimum Gasteiger partial charge on any atom is -0.441 e. The van der Waals surface area contributed by atoms with E-state index in [1.807, 2.05) is 24.8 Å². The van der Waals surface area contributed by atoms with Crippen LogP contribution in [0.2, 0.25) is 0 Å². The maximum absolute atomic E-state index is 12.7. The number of fused-ring (bicyclic) bond motifs is 1. The minimum atomic E-state index is -0.858. The summed E-state index contributed by atoms with van der Waals surface area (Å²) in [5.74, 6) is 0.561. The topological polar surface area (TPSA) is 63.4 Å². The standard InChI is InChI=1S/C16H20N2O3S/c1-4-13-9-18(8-10(2)22(13)20)16(19)12-5-6-14-15(7-12)21-11(3)17-14/h5-7,10,13H,4,8-9H2,1-3H3. The SMILES string of the molecule is CCC1CN(C(=O)c2ccc3nc(C)oc3c2)CC(C)S1=O. The summed E-state index contributed by atoms with van der Waals surface area (Å²) in [6.07, 6.45) is 0.821. The van der Waals surface area contributed by atoms with Crippen LogP contribution in [0.4, 0.5) is 0 Å². The molecule has 3 unspecified atom stereocenters. The lowest BCUT2D eigenvalue weighted by molar-refractivity contribution is 0.0749. The van der Waals surface area contributed by atoms with Gasteiger partial charge >= 0.3 is 0 Å². The minimum absolute atomic E-state index is 0.0129. The summed E-state index contributed by atoms with van der Waals surface area (Å²) in [6, 6.07) is 5.33. The molecule has 5 nitrogen and oxygen atoms in total. The molecule has 0 aliphatic carbocycles. The third-order valence-corrected chi connectivity index (χ3v) is 6.19. The van der Waals surface area contributed by atoms with Gasteiger partial charge in [-0.05, 0) is 31.5 Å². The van der Waals surface area contributed by atoms with E-state index in [2.05, 4.69) is 4.98 Å². The lowest BCUT2D eigenvalue weighted by Crippen LogP contribution is -2.50. The molecule has 1 aromatic heterocycles. The number of carbonyl (C=O) groups excluding carboxylic acids is 1. The molecule has 1 aliphatic heterocycles. The van der Waals surface area contributed by atoms with Crippen molar-refractivity contribution >= 4 is 27.8 Å². The van der Waals surface area contributed by atoms with Crippen molar-refractivity contribution in [3.05, 3.63) is 29.7 Å². The fraction of sp³-hybridized carbons (Fsp3) is 0.500. The van der Waals surface area contributed by atoms with Crippen molar-refractivity contribution in [3.63, 3.8) is 0 Å². The number of oxazole rings is 1. The second-order valence-electron chi connectivity index (χ2n) is 5.79. The van der Waals surface area contributed by atoms with Crippen LogP contribution in [0.1, 0.15) is 36.5 Å². The summed E-state index contributed by atoms with van der Waals surface area (Å²) in [6.45, 7) is 6.85. The number of nitrogens with zero attached hydrogens (tertiary/aromatic N) is 2. The van der Waals surface area contributed by atoms with Gasteiger partial charge in [0.1, 0.15) is 5.52 Å². The summed E-state index contributed by atoms with van der Waals surface area (Å²) >= 11 is 0. The van der Waals surface area contributed by atoms with Crippen LogP contribution in [0, 0.1) is 6.92 Å². The first-order chi connectivity index (χ1) is 10.5. The predicted octanol–water partition coefficient (Wildman–Crippen LogP) is 2.51. The molecule has 0 N–H and O–H groups in total. The van der Waals surface area contributed by atoms with E-state index in [0.717, 1.165) is 11.9 Å². The number of benzene rings is 1. The Hall–Kier alpha value is -1.69. The van der Waals surface area contributed by atoms with Crippen LogP contribution in [0.3, 0.4) is 0 Å². The highest BCUT2D eigenvalue weighted by molar-refractivity contribution is 7.86. The molecule has 0 radical (unpaired) electrons. The van der Waals surface area contributed by atoms with E-state index in [9.17, 15) is 9.00 Å². The van der Waals surface area contributed by atoms with Crippen LogP contribution in [-0.4, -0.2) is 43.6 Å². The first-order valence-corrected chi connectivity index (χ1v) is 8.83. The first-order valence-electron chi connectivity index (χ1n) is 7.55. The molecule has 1 amide bonds. The largest absolute Gasteiger partial charge is 0.441 e. The Morgan fingerprint density at radius 2 is 2.23 bits per heavy atom. The average Bonchev–Trinajstić information content (AvgIpc) is 2.88. The Labute approximate surface area is 132 Å². The molecule has 118 valence electrons. The van der Waals surface area contributed by atoms with Gasteiger partial charge in [-0.3, -0.25) is 9.00 Å². The first kappa shape index (κ1) is 15.2. The molecule has 1 aromatic carbocycles. The molecule has 0 bridgehead atoms. The van der Waals surface area contributed by atoms with E-state index in [-0.39, 0.29) is 16.4 Å². The van der Waals surface area contributed by atoms with Gasteiger partial charge in [-0.1, -0.05) is 6.92 Å². The monoisotopic (exact) mass is 320 g/mol. The van der Waals surface area contributed by atoms with Gasteiger partial charge in [0.2, 0.25) is 0 Å². The number of amides is 1. The Balaban J connectivity index is 1.86.